The highest BCUT2D eigenvalue weighted by molar-refractivity contribution is 7.10. The number of aromatic nitrogens is 4. The molecule has 0 fully saturated rings. The van der Waals surface area contributed by atoms with E-state index in [9.17, 15) is 22.4 Å². The lowest BCUT2D eigenvalue weighted by Gasteiger charge is -2.12. The maximum absolute atomic E-state index is 14.2. The first kappa shape index (κ1) is 24.8. The first-order valence-corrected chi connectivity index (χ1v) is 10.9. The van der Waals surface area contributed by atoms with Crippen LogP contribution < -0.4 is 20.3 Å². The molecule has 0 saturated heterocycles. The minimum Gasteiger partial charge on any atom is -0.406 e. The second-order valence-electron chi connectivity index (χ2n) is 7.42. The fourth-order valence-electron chi connectivity index (χ4n) is 2.94. The van der Waals surface area contributed by atoms with Gasteiger partial charge in [0.2, 0.25) is 5.13 Å². The first-order chi connectivity index (χ1) is 17.1. The fraction of sp³-hybridized carbons (Fsp3) is 0.136. The van der Waals surface area contributed by atoms with Crippen LogP contribution in [0.4, 0.5) is 40.0 Å². The van der Waals surface area contributed by atoms with Crippen LogP contribution in [-0.2, 0) is 0 Å². The van der Waals surface area contributed by atoms with Gasteiger partial charge >= 0.3 is 6.36 Å². The molecular formula is C22H17F4N7O2S. The van der Waals surface area contributed by atoms with Crippen molar-refractivity contribution in [3.63, 3.8) is 0 Å². The van der Waals surface area contributed by atoms with Gasteiger partial charge in [0, 0.05) is 42.9 Å². The molecule has 4 aromatic rings. The van der Waals surface area contributed by atoms with E-state index in [2.05, 4.69) is 34.7 Å². The van der Waals surface area contributed by atoms with Crippen molar-refractivity contribution < 1.29 is 27.1 Å². The average Bonchev–Trinajstić information content (AvgIpc) is 3.28. The van der Waals surface area contributed by atoms with Crippen LogP contribution in [0.1, 0.15) is 10.4 Å². The van der Waals surface area contributed by atoms with Crippen molar-refractivity contribution in [2.75, 3.05) is 29.6 Å². The molecular weight excluding hydrogens is 502 g/mol. The highest BCUT2D eigenvalue weighted by atomic mass is 32.1. The summed E-state index contributed by atoms with van der Waals surface area (Å²) in [6.45, 7) is 0. The van der Waals surface area contributed by atoms with Crippen molar-refractivity contribution in [2.24, 2.45) is 0 Å². The molecule has 0 aliphatic heterocycles. The molecule has 0 atom stereocenters. The summed E-state index contributed by atoms with van der Waals surface area (Å²) in [5.41, 5.74) is 0.691. The number of alkyl halides is 3. The molecule has 0 bridgehead atoms. The summed E-state index contributed by atoms with van der Waals surface area (Å²) in [5, 5.41) is 5.69. The summed E-state index contributed by atoms with van der Waals surface area (Å²) in [6.07, 6.45) is -3.50. The normalized spacial score (nSPS) is 11.2. The van der Waals surface area contributed by atoms with Crippen molar-refractivity contribution in [3.05, 3.63) is 66.2 Å². The van der Waals surface area contributed by atoms with Gasteiger partial charge < -0.3 is 15.0 Å². The Morgan fingerprint density at radius 1 is 1.06 bits per heavy atom. The van der Waals surface area contributed by atoms with E-state index >= 15 is 0 Å². The predicted molar refractivity (Wildman–Crippen MR) is 126 cm³/mol. The van der Waals surface area contributed by atoms with Crippen molar-refractivity contribution in [1.82, 2.24) is 19.3 Å². The van der Waals surface area contributed by atoms with Gasteiger partial charge in [0.1, 0.15) is 29.5 Å². The van der Waals surface area contributed by atoms with Gasteiger partial charge in [0.05, 0.1) is 5.56 Å². The third-order valence-corrected chi connectivity index (χ3v) is 5.22. The van der Waals surface area contributed by atoms with Gasteiger partial charge in [0.25, 0.3) is 5.91 Å². The Hall–Kier alpha value is -4.33. The van der Waals surface area contributed by atoms with Crippen LogP contribution in [0.25, 0.3) is 11.4 Å². The van der Waals surface area contributed by atoms with Crippen molar-refractivity contribution in [3.8, 4) is 17.1 Å². The van der Waals surface area contributed by atoms with Gasteiger partial charge in [-0.2, -0.15) is 9.36 Å². The van der Waals surface area contributed by atoms with Crippen LogP contribution in [0, 0.1) is 5.82 Å². The number of benzene rings is 2. The average molecular weight is 519 g/mol. The van der Waals surface area contributed by atoms with Gasteiger partial charge in [-0.05, 0) is 42.5 Å². The van der Waals surface area contributed by atoms with Gasteiger partial charge in [-0.3, -0.25) is 10.1 Å². The molecule has 9 nitrogen and oxygen atoms in total. The van der Waals surface area contributed by atoms with Gasteiger partial charge in [0.15, 0.2) is 5.82 Å². The Morgan fingerprint density at radius 3 is 2.50 bits per heavy atom. The third-order valence-electron chi connectivity index (χ3n) is 4.59. The molecule has 2 heterocycles. The summed E-state index contributed by atoms with van der Waals surface area (Å²) in [6, 6.07) is 10.8. The number of nitrogens with one attached hydrogen (secondary N) is 2. The molecule has 0 aliphatic carbocycles. The lowest BCUT2D eigenvalue weighted by atomic mass is 10.2. The molecule has 4 rings (SSSR count). The predicted octanol–water partition coefficient (Wildman–Crippen LogP) is 5.09. The minimum absolute atomic E-state index is 0.0379. The number of amides is 1. The van der Waals surface area contributed by atoms with Crippen LogP contribution in [0.15, 0.2) is 54.9 Å². The fourth-order valence-corrected chi connectivity index (χ4v) is 3.52. The molecule has 0 spiro atoms. The third kappa shape index (κ3) is 6.21. The molecule has 2 aromatic heterocycles. The number of nitrogens with zero attached hydrogens (tertiary/aromatic N) is 5. The van der Waals surface area contributed by atoms with Gasteiger partial charge in [-0.25, -0.2) is 14.4 Å². The number of carbonyl (C=O) groups excluding carboxylic acids is 1. The van der Waals surface area contributed by atoms with Crippen LogP contribution >= 0.6 is 11.5 Å². The molecule has 2 aromatic carbocycles. The second-order valence-corrected chi connectivity index (χ2v) is 8.18. The summed E-state index contributed by atoms with van der Waals surface area (Å²) in [4.78, 5) is 26.7. The molecule has 14 heteroatoms. The monoisotopic (exact) mass is 519 g/mol. The van der Waals surface area contributed by atoms with Crippen LogP contribution in [0.5, 0.6) is 5.75 Å². The molecule has 36 heavy (non-hydrogen) atoms. The van der Waals surface area contributed by atoms with E-state index in [0.717, 1.165) is 35.5 Å². The number of hydrogen-bond acceptors (Lipinski definition) is 9. The molecule has 0 radical (unpaired) electrons. The molecule has 0 saturated carbocycles. The molecule has 1 amide bonds. The maximum Gasteiger partial charge on any atom is 0.573 e. The Morgan fingerprint density at radius 2 is 1.81 bits per heavy atom. The van der Waals surface area contributed by atoms with E-state index in [0.29, 0.717) is 17.1 Å². The minimum atomic E-state index is -4.93. The zero-order valence-electron chi connectivity index (χ0n) is 18.7. The van der Waals surface area contributed by atoms with Crippen molar-refractivity contribution in [2.45, 2.75) is 6.36 Å². The largest absolute Gasteiger partial charge is 0.573 e. The number of halogens is 4. The maximum atomic E-state index is 14.2. The quantitative estimate of drug-likeness (QED) is 0.325. The zero-order chi connectivity index (χ0) is 25.9. The van der Waals surface area contributed by atoms with Crippen LogP contribution in [-0.4, -0.2) is 45.7 Å². The smallest absolute Gasteiger partial charge is 0.406 e. The van der Waals surface area contributed by atoms with E-state index in [4.69, 9.17) is 0 Å². The molecule has 2 N–H and O–H groups in total. The molecule has 0 aliphatic rings. The van der Waals surface area contributed by atoms with Gasteiger partial charge in [-0.15, -0.1) is 13.2 Å². The summed E-state index contributed by atoms with van der Waals surface area (Å²) < 4.78 is 59.3. The number of rotatable bonds is 7. The van der Waals surface area contributed by atoms with E-state index in [1.807, 2.05) is 19.0 Å². The first-order valence-electron chi connectivity index (χ1n) is 10.1. The van der Waals surface area contributed by atoms with Gasteiger partial charge in [-0.1, -0.05) is 0 Å². The summed E-state index contributed by atoms with van der Waals surface area (Å²) in [5.74, 6) is -0.862. The zero-order valence-corrected chi connectivity index (χ0v) is 19.5. The second kappa shape index (κ2) is 10.1. The van der Waals surface area contributed by atoms with Crippen LogP contribution in [0.2, 0.25) is 0 Å². The number of anilines is 4. The number of hydrogen-bond donors (Lipinski definition) is 2. The number of ether oxygens (including phenoxy) is 1. The SMILES string of the molecule is CN(C)c1cc(Nc2ccc(C(=O)Nc3nc(-c4cc(OC(F)(F)F)ccc4F)ns3)cc2)ncn1. The molecule has 186 valence electrons. The van der Waals surface area contributed by atoms with Crippen LogP contribution in [0.3, 0.4) is 0 Å². The van der Waals surface area contributed by atoms with E-state index < -0.39 is 23.8 Å². The van der Waals surface area contributed by atoms with Crippen molar-refractivity contribution >= 4 is 39.9 Å². The lowest BCUT2D eigenvalue weighted by molar-refractivity contribution is -0.274. The Balaban J connectivity index is 1.43. The Bertz CT molecular complexity index is 1380. The highest BCUT2D eigenvalue weighted by Gasteiger charge is 2.31. The topological polar surface area (TPSA) is 105 Å². The lowest BCUT2D eigenvalue weighted by Crippen LogP contribution is -2.17. The number of carbonyl (C=O) groups is 1. The molecule has 0 unspecified atom stereocenters. The highest BCUT2D eigenvalue weighted by Crippen LogP contribution is 2.30. The summed E-state index contributed by atoms with van der Waals surface area (Å²) >= 11 is 0.750. The Labute approximate surface area is 206 Å². The Kier molecular flexibility index (Phi) is 6.96. The van der Waals surface area contributed by atoms with E-state index in [1.165, 1.54) is 6.33 Å². The summed E-state index contributed by atoms with van der Waals surface area (Å²) in [7, 11) is 3.72. The van der Waals surface area contributed by atoms with E-state index in [-0.39, 0.29) is 16.5 Å². The van der Waals surface area contributed by atoms with E-state index in [1.54, 1.807) is 30.3 Å². The van der Waals surface area contributed by atoms with Crippen molar-refractivity contribution in [1.29, 1.82) is 0 Å². The standard InChI is InChI=1S/C22H17F4N7O2S/c1-33(2)18-10-17(27-11-28-18)29-13-5-3-12(4-6-13)20(34)31-21-30-19(32-36-21)15-9-14(7-8-16(15)23)35-22(24,25)26/h3-11H,1-2H3,(H,27,28,29)(H,30,31,32,34).